The van der Waals surface area contributed by atoms with Crippen molar-refractivity contribution in [3.05, 3.63) is 46.7 Å². The third kappa shape index (κ3) is 7.01. The number of carbonyl (C=O) groups excluding carboxylic acids is 1. The molecule has 0 aliphatic carbocycles. The number of nitrogens with one attached hydrogen (secondary N) is 1. The molecule has 0 aromatic carbocycles. The summed E-state index contributed by atoms with van der Waals surface area (Å²) in [4.78, 5) is 19.0. The number of ether oxygens (including phenoxy) is 1. The molecule has 0 unspecified atom stereocenters. The Morgan fingerprint density at radius 3 is 2.88 bits per heavy atom. The summed E-state index contributed by atoms with van der Waals surface area (Å²) in [7, 11) is 2.83. The maximum absolute atomic E-state index is 13.0. The topological polar surface area (TPSA) is 63.6 Å². The van der Waals surface area contributed by atoms with Crippen molar-refractivity contribution in [2.45, 2.75) is 11.1 Å². The average molecular weight is 377 g/mol. The molecule has 1 aromatic heterocycles. The molecule has 24 heavy (non-hydrogen) atoms. The molecule has 130 valence electrons. The molecule has 0 atom stereocenters. The normalized spacial score (nSPS) is 11.5. The molecule has 0 saturated carbocycles. The molecular formula is C14H14F3N3O2S2. The number of aromatic nitrogens is 1. The van der Waals surface area contributed by atoms with Gasteiger partial charge in [0.25, 0.3) is 0 Å². The molecule has 1 aromatic rings. The number of hydrogen-bond donors (Lipinski definition) is 1. The van der Waals surface area contributed by atoms with Crippen LogP contribution in [0.5, 0.6) is 0 Å². The predicted molar refractivity (Wildman–Crippen MR) is 88.6 cm³/mol. The number of thioether (sulfide) groups is 1. The van der Waals surface area contributed by atoms with Crippen molar-refractivity contribution in [1.29, 1.82) is 0 Å². The van der Waals surface area contributed by atoms with Crippen LogP contribution in [0.3, 0.4) is 0 Å². The Hall–Kier alpha value is -2.07. The highest BCUT2D eigenvalue weighted by atomic mass is 32.2. The van der Waals surface area contributed by atoms with E-state index in [0.29, 0.717) is 0 Å². The number of alkyl halides is 3. The van der Waals surface area contributed by atoms with Crippen LogP contribution in [0.25, 0.3) is 0 Å². The summed E-state index contributed by atoms with van der Waals surface area (Å²) >= 11 is 1.90. The number of esters is 1. The number of hydrogen-bond acceptors (Lipinski definition) is 7. The highest BCUT2D eigenvalue weighted by Gasteiger charge is 2.32. The minimum absolute atomic E-state index is 0.0548. The van der Waals surface area contributed by atoms with Crippen molar-refractivity contribution in [2.24, 2.45) is 4.99 Å². The van der Waals surface area contributed by atoms with Gasteiger partial charge < -0.3 is 10.1 Å². The van der Waals surface area contributed by atoms with E-state index in [1.807, 2.05) is 0 Å². The number of rotatable bonds is 5. The first-order valence-corrected chi connectivity index (χ1v) is 8.13. The minimum atomic E-state index is -4.66. The summed E-state index contributed by atoms with van der Waals surface area (Å²) in [5, 5.41) is 4.21. The van der Waals surface area contributed by atoms with Crippen LogP contribution in [-0.2, 0) is 10.9 Å². The van der Waals surface area contributed by atoms with E-state index in [9.17, 15) is 18.0 Å². The van der Waals surface area contributed by atoms with Crippen molar-refractivity contribution in [3.63, 3.8) is 0 Å². The molecular weight excluding hydrogens is 363 g/mol. The van der Waals surface area contributed by atoms with Crippen LogP contribution in [-0.4, -0.2) is 30.7 Å². The van der Waals surface area contributed by atoms with Crippen LogP contribution in [0, 0.1) is 0 Å². The molecule has 0 bridgehead atoms. The first-order chi connectivity index (χ1) is 11.4. The second-order valence-electron chi connectivity index (χ2n) is 3.94. The van der Waals surface area contributed by atoms with Gasteiger partial charge in [-0.25, -0.2) is 9.78 Å². The van der Waals surface area contributed by atoms with Crippen molar-refractivity contribution in [2.75, 3.05) is 14.2 Å². The maximum Gasteiger partial charge on any atom is 0.433 e. The lowest BCUT2D eigenvalue weighted by Gasteiger charge is -2.03. The van der Waals surface area contributed by atoms with Crippen LogP contribution >= 0.6 is 23.1 Å². The highest BCUT2D eigenvalue weighted by molar-refractivity contribution is 8.12. The summed E-state index contributed by atoms with van der Waals surface area (Å²) in [6.07, 6.45) is -0.792. The fourth-order valence-corrected chi connectivity index (χ4v) is 2.55. The quantitative estimate of drug-likeness (QED) is 0.365. The molecule has 0 radical (unpaired) electrons. The Morgan fingerprint density at radius 2 is 2.25 bits per heavy atom. The maximum atomic E-state index is 13.0. The van der Waals surface area contributed by atoms with Gasteiger partial charge in [-0.1, -0.05) is 11.8 Å². The standard InChI is InChI=1S/C14H14F3N3O2S2/c1-18-4-5-19-9-24-10-3-6-23-11(13(21)22-2)8-20-12(7-10)14(15,16)17/h3-9,18H,1-2H3/b5-4-,6-3?,10-7?,11-8?,19-9+,20-12?. The van der Waals surface area contributed by atoms with Crippen molar-refractivity contribution in [1.82, 2.24) is 10.3 Å². The van der Waals surface area contributed by atoms with Gasteiger partial charge in [0.15, 0.2) is 0 Å². The largest absolute Gasteiger partial charge is 0.465 e. The van der Waals surface area contributed by atoms with Crippen LogP contribution in [0.2, 0.25) is 0 Å². The minimum Gasteiger partial charge on any atom is -0.465 e. The zero-order chi connectivity index (χ0) is 18.0. The SMILES string of the molecule is CN/C=C\N=C\Sc1ccsc(C(=O)OC)cnc(C(F)(F)F)c1. The lowest BCUT2D eigenvalue weighted by Crippen LogP contribution is -2.07. The molecule has 1 rings (SSSR count). The van der Waals surface area contributed by atoms with E-state index in [1.54, 1.807) is 13.2 Å². The predicted octanol–water partition coefficient (Wildman–Crippen LogP) is 3.88. The highest BCUT2D eigenvalue weighted by Crippen LogP contribution is 2.29. The molecule has 0 amide bonds. The van der Waals surface area contributed by atoms with E-state index < -0.39 is 17.8 Å². The molecule has 1 heterocycles. The number of carbonyl (C=O) groups is 1. The monoisotopic (exact) mass is 377 g/mol. The smallest absolute Gasteiger partial charge is 0.433 e. The molecule has 5 nitrogen and oxygen atoms in total. The number of halogens is 3. The first kappa shape index (κ1) is 20.0. The van der Waals surface area contributed by atoms with E-state index in [0.717, 1.165) is 42.5 Å². The van der Waals surface area contributed by atoms with Crippen LogP contribution in [0.1, 0.15) is 15.4 Å². The molecule has 1 N–H and O–H groups in total. The van der Waals surface area contributed by atoms with Gasteiger partial charge in [0.05, 0.1) is 18.9 Å². The molecule has 0 aliphatic heterocycles. The summed E-state index contributed by atoms with van der Waals surface area (Å²) < 4.78 is 43.6. The third-order valence-electron chi connectivity index (χ3n) is 2.28. The Balaban J connectivity index is 3.29. The van der Waals surface area contributed by atoms with Crippen molar-refractivity contribution in [3.8, 4) is 0 Å². The Kier molecular flexibility index (Phi) is 8.27. The van der Waals surface area contributed by atoms with Crippen molar-refractivity contribution >= 4 is 34.6 Å². The number of aliphatic imine (C=N–C) groups is 1. The Labute approximate surface area is 145 Å². The fourth-order valence-electron chi connectivity index (χ4n) is 1.23. The lowest BCUT2D eigenvalue weighted by atomic mass is 10.4. The molecule has 0 fully saturated rings. The van der Waals surface area contributed by atoms with Gasteiger partial charge in [0.1, 0.15) is 10.6 Å². The van der Waals surface area contributed by atoms with E-state index >= 15 is 0 Å². The van der Waals surface area contributed by atoms with Gasteiger partial charge in [-0.2, -0.15) is 13.2 Å². The summed E-state index contributed by atoms with van der Waals surface area (Å²) in [6, 6.07) is 2.32. The van der Waals surface area contributed by atoms with Gasteiger partial charge in [0.2, 0.25) is 0 Å². The van der Waals surface area contributed by atoms with Gasteiger partial charge >= 0.3 is 12.1 Å². The molecule has 0 spiro atoms. The zero-order valence-electron chi connectivity index (χ0n) is 12.7. The van der Waals surface area contributed by atoms with E-state index in [1.165, 1.54) is 23.2 Å². The van der Waals surface area contributed by atoms with E-state index in [4.69, 9.17) is 0 Å². The van der Waals surface area contributed by atoms with Crippen LogP contribution < -0.4 is 5.32 Å². The second-order valence-corrected chi connectivity index (χ2v) is 5.81. The Bertz CT molecular complexity index is 672. The Morgan fingerprint density at radius 1 is 1.50 bits per heavy atom. The van der Waals surface area contributed by atoms with Gasteiger partial charge in [0, 0.05) is 24.3 Å². The summed E-state index contributed by atoms with van der Waals surface area (Å²) in [5.74, 6) is -0.759. The number of methoxy groups -OCH3 is 1. The summed E-state index contributed by atoms with van der Waals surface area (Å²) in [5.41, 5.74) is 0.257. The molecule has 0 aliphatic rings. The van der Waals surface area contributed by atoms with Crippen molar-refractivity contribution < 1.29 is 22.7 Å². The second kappa shape index (κ2) is 9.93. The third-order valence-corrected chi connectivity index (χ3v) is 3.83. The van der Waals surface area contributed by atoms with Gasteiger partial charge in [-0.3, -0.25) is 4.99 Å². The average Bonchev–Trinajstić information content (AvgIpc) is 2.64. The van der Waals surface area contributed by atoms with Crippen LogP contribution in [0.4, 0.5) is 13.2 Å². The van der Waals surface area contributed by atoms with Gasteiger partial charge in [-0.15, -0.1) is 11.3 Å². The zero-order valence-corrected chi connectivity index (χ0v) is 14.3. The van der Waals surface area contributed by atoms with Gasteiger partial charge in [-0.05, 0) is 17.5 Å². The fraction of sp³-hybridized carbons (Fsp3) is 0.214. The van der Waals surface area contributed by atoms with E-state index in [-0.39, 0.29) is 9.77 Å². The van der Waals surface area contributed by atoms with Crippen LogP contribution in [0.15, 0.2) is 46.0 Å². The molecule has 0 saturated heterocycles. The van der Waals surface area contributed by atoms with E-state index in [2.05, 4.69) is 20.0 Å². The number of nitrogens with zero attached hydrogens (tertiary/aromatic N) is 2. The lowest BCUT2D eigenvalue weighted by molar-refractivity contribution is -0.141. The molecule has 10 heteroatoms. The first-order valence-electron chi connectivity index (χ1n) is 6.37. The summed E-state index contributed by atoms with van der Waals surface area (Å²) in [6.45, 7) is 0.